The Morgan fingerprint density at radius 3 is 2.27 bits per heavy atom. The lowest BCUT2D eigenvalue weighted by Gasteiger charge is -2.05. The lowest BCUT2D eigenvalue weighted by Crippen LogP contribution is -2.28. The fourth-order valence-electron chi connectivity index (χ4n) is 1.63. The second-order valence-electron chi connectivity index (χ2n) is 3.81. The van der Waals surface area contributed by atoms with Gasteiger partial charge in [-0.2, -0.15) is 0 Å². The van der Waals surface area contributed by atoms with Crippen LogP contribution in [0.1, 0.15) is 11.1 Å². The van der Waals surface area contributed by atoms with Crippen LogP contribution in [0, 0.1) is 13.8 Å². The Morgan fingerprint density at radius 2 is 1.60 bits per heavy atom. The van der Waals surface area contributed by atoms with Gasteiger partial charge in [0.1, 0.15) is 9.52 Å². The Labute approximate surface area is 93.8 Å². The van der Waals surface area contributed by atoms with E-state index >= 15 is 0 Å². The van der Waals surface area contributed by atoms with Gasteiger partial charge in [-0.15, -0.1) is 0 Å². The van der Waals surface area contributed by atoms with E-state index in [2.05, 4.69) is 62.4 Å². The first-order valence-corrected chi connectivity index (χ1v) is 6.15. The van der Waals surface area contributed by atoms with E-state index in [9.17, 15) is 0 Å². The summed E-state index contributed by atoms with van der Waals surface area (Å²) in [6, 6.07) is 17.4. The van der Waals surface area contributed by atoms with Crippen LogP contribution in [-0.4, -0.2) is 9.52 Å². The summed E-state index contributed by atoms with van der Waals surface area (Å²) in [7, 11) is 0.772. The molecule has 2 rings (SSSR count). The van der Waals surface area contributed by atoms with E-state index in [0.29, 0.717) is 0 Å². The molecule has 2 aromatic rings. The minimum atomic E-state index is 0.772. The van der Waals surface area contributed by atoms with Crippen molar-refractivity contribution in [3.63, 3.8) is 0 Å². The van der Waals surface area contributed by atoms with Crippen LogP contribution < -0.4 is 10.4 Å². The molecule has 0 saturated carbocycles. The van der Waals surface area contributed by atoms with Crippen LogP contribution in [-0.2, 0) is 0 Å². The highest BCUT2D eigenvalue weighted by Crippen LogP contribution is 1.99. The van der Waals surface area contributed by atoms with Crippen LogP contribution in [0.4, 0.5) is 0 Å². The van der Waals surface area contributed by atoms with Crippen LogP contribution in [0.15, 0.2) is 48.5 Å². The summed E-state index contributed by atoms with van der Waals surface area (Å²) in [5.41, 5.74) is 2.74. The maximum atomic E-state index is 2.26. The van der Waals surface area contributed by atoms with E-state index in [4.69, 9.17) is 0 Å². The van der Waals surface area contributed by atoms with Crippen LogP contribution in [0.3, 0.4) is 0 Å². The third kappa shape index (κ3) is 2.57. The number of aryl methyl sites for hydroxylation is 2. The van der Waals surface area contributed by atoms with Gasteiger partial charge in [0.25, 0.3) is 0 Å². The Bertz CT molecular complexity index is 446. The summed E-state index contributed by atoms with van der Waals surface area (Å²) < 4.78 is 0. The topological polar surface area (TPSA) is 0 Å². The Kier molecular flexibility index (Phi) is 3.02. The quantitative estimate of drug-likeness (QED) is 0.665. The van der Waals surface area contributed by atoms with Crippen LogP contribution in [0.5, 0.6) is 0 Å². The van der Waals surface area contributed by atoms with Gasteiger partial charge in [-0.05, 0) is 13.8 Å². The molecule has 0 aromatic heterocycles. The van der Waals surface area contributed by atoms with Crippen LogP contribution in [0.25, 0.3) is 0 Å². The third-order valence-electron chi connectivity index (χ3n) is 2.43. The molecule has 0 aliphatic carbocycles. The van der Waals surface area contributed by atoms with Crippen molar-refractivity contribution in [1.29, 1.82) is 0 Å². The van der Waals surface area contributed by atoms with Crippen LogP contribution in [0.2, 0.25) is 0 Å². The van der Waals surface area contributed by atoms with Gasteiger partial charge >= 0.3 is 0 Å². The van der Waals surface area contributed by atoms with Gasteiger partial charge in [0, 0.05) is 0 Å². The van der Waals surface area contributed by atoms with Crippen molar-refractivity contribution in [3.05, 3.63) is 59.7 Å². The molecule has 0 N–H and O–H groups in total. The lowest BCUT2D eigenvalue weighted by atomic mass is 10.2. The van der Waals surface area contributed by atoms with Crippen molar-refractivity contribution >= 4 is 19.9 Å². The van der Waals surface area contributed by atoms with E-state index in [1.165, 1.54) is 21.5 Å². The average Bonchev–Trinajstić information content (AvgIpc) is 2.24. The highest BCUT2D eigenvalue weighted by molar-refractivity contribution is 6.67. The molecule has 1 heteroatoms. The Hall–Kier alpha value is -1.34. The van der Waals surface area contributed by atoms with Crippen molar-refractivity contribution < 1.29 is 0 Å². The van der Waals surface area contributed by atoms with E-state index in [1.54, 1.807) is 0 Å². The maximum absolute atomic E-state index is 2.26. The van der Waals surface area contributed by atoms with Gasteiger partial charge in [-0.25, -0.2) is 0 Å². The number of hydrogen-bond donors (Lipinski definition) is 0. The summed E-state index contributed by atoms with van der Waals surface area (Å²) in [5, 5.41) is 2.86. The number of benzene rings is 2. The summed E-state index contributed by atoms with van der Waals surface area (Å²) in [6.45, 7) is 4.33. The molecule has 0 amide bonds. The molecule has 0 heterocycles. The molecule has 0 atom stereocenters. The maximum Gasteiger partial charge on any atom is 0.121 e. The molecule has 0 bridgehead atoms. The van der Waals surface area contributed by atoms with Gasteiger partial charge in [0.2, 0.25) is 0 Å². The molecule has 0 nitrogen and oxygen atoms in total. The lowest BCUT2D eigenvalue weighted by molar-refractivity contribution is 1.41. The first-order valence-electron chi connectivity index (χ1n) is 5.15. The number of rotatable bonds is 2. The molecule has 0 aliphatic rings. The molecule has 0 saturated heterocycles. The molecule has 0 aliphatic heterocycles. The van der Waals surface area contributed by atoms with Crippen molar-refractivity contribution in [2.45, 2.75) is 13.8 Å². The molecule has 0 unspecified atom stereocenters. The Morgan fingerprint density at radius 1 is 0.867 bits per heavy atom. The third-order valence-corrected chi connectivity index (χ3v) is 3.89. The first-order chi connectivity index (χ1) is 7.25. The molecule has 0 fully saturated rings. The summed E-state index contributed by atoms with van der Waals surface area (Å²) in [4.78, 5) is 0. The molecule has 2 radical (unpaired) electrons. The standard InChI is InChI=1S/C14H14Si/c1-11-8-9-14(12(2)10-11)15-13-6-4-3-5-7-13/h3-10H,1-2H3. The van der Waals surface area contributed by atoms with Gasteiger partial charge in [0.15, 0.2) is 0 Å². The zero-order valence-electron chi connectivity index (χ0n) is 9.12. The summed E-state index contributed by atoms with van der Waals surface area (Å²) >= 11 is 0. The highest BCUT2D eigenvalue weighted by atomic mass is 28.2. The van der Waals surface area contributed by atoms with Gasteiger partial charge < -0.3 is 0 Å². The monoisotopic (exact) mass is 210 g/mol. The smallest absolute Gasteiger partial charge is 0.0631 e. The fraction of sp³-hybridized carbons (Fsp3) is 0.143. The van der Waals surface area contributed by atoms with E-state index < -0.39 is 0 Å². The van der Waals surface area contributed by atoms with Crippen molar-refractivity contribution in [1.82, 2.24) is 0 Å². The van der Waals surface area contributed by atoms with Gasteiger partial charge in [-0.1, -0.05) is 70.0 Å². The molecule has 2 aromatic carbocycles. The minimum absolute atomic E-state index is 0.772. The second-order valence-corrected chi connectivity index (χ2v) is 5.18. The van der Waals surface area contributed by atoms with E-state index in [0.717, 1.165) is 9.52 Å². The van der Waals surface area contributed by atoms with Crippen molar-refractivity contribution in [2.75, 3.05) is 0 Å². The summed E-state index contributed by atoms with van der Waals surface area (Å²) in [5.74, 6) is 0. The SMILES string of the molecule is Cc1ccc([Si]c2ccccc2)c(C)c1. The highest BCUT2D eigenvalue weighted by Gasteiger charge is 2.01. The van der Waals surface area contributed by atoms with Gasteiger partial charge in [-0.3, -0.25) is 0 Å². The predicted octanol–water partition coefficient (Wildman–Crippen LogP) is 1.96. The predicted molar refractivity (Wildman–Crippen MR) is 67.4 cm³/mol. The number of hydrogen-bond acceptors (Lipinski definition) is 0. The van der Waals surface area contributed by atoms with E-state index in [1.807, 2.05) is 0 Å². The average molecular weight is 210 g/mol. The van der Waals surface area contributed by atoms with E-state index in [-0.39, 0.29) is 0 Å². The van der Waals surface area contributed by atoms with Crippen LogP contribution >= 0.6 is 0 Å². The molecular formula is C14H14Si. The minimum Gasteiger partial charge on any atom is -0.0631 e. The largest absolute Gasteiger partial charge is 0.121 e. The second kappa shape index (κ2) is 4.45. The molecule has 74 valence electrons. The fourth-order valence-corrected chi connectivity index (χ4v) is 2.74. The zero-order valence-corrected chi connectivity index (χ0v) is 10.1. The van der Waals surface area contributed by atoms with Gasteiger partial charge in [0.05, 0.1) is 0 Å². The summed E-state index contributed by atoms with van der Waals surface area (Å²) in [6.07, 6.45) is 0. The molecular weight excluding hydrogens is 196 g/mol. The van der Waals surface area contributed by atoms with Crippen molar-refractivity contribution in [3.8, 4) is 0 Å². The molecule has 0 spiro atoms. The normalized spacial score (nSPS) is 10.3. The first kappa shape index (κ1) is 10.2. The Balaban J connectivity index is 2.25. The zero-order chi connectivity index (χ0) is 10.7. The van der Waals surface area contributed by atoms with Crippen molar-refractivity contribution in [2.24, 2.45) is 0 Å². The molecule has 15 heavy (non-hydrogen) atoms.